The zero-order chi connectivity index (χ0) is 13.2. The number of thiophene rings is 1. The standard InChI is InChI=1S/C13H16ClN3OS/c14-12-10-4-7-19-13(10)16-11(15-12)8-17(5-6-18)9-2-1-3-9/h4,7,9,18H,1-3,5-6,8H2. The van der Waals surface area contributed by atoms with E-state index in [0.29, 0.717) is 24.3 Å². The Morgan fingerprint density at radius 3 is 2.95 bits per heavy atom. The van der Waals surface area contributed by atoms with Gasteiger partial charge in [-0.1, -0.05) is 18.0 Å². The van der Waals surface area contributed by atoms with E-state index in [-0.39, 0.29) is 6.61 Å². The highest BCUT2D eigenvalue weighted by molar-refractivity contribution is 7.16. The van der Waals surface area contributed by atoms with Crippen LogP contribution in [0.3, 0.4) is 0 Å². The maximum atomic E-state index is 9.17. The van der Waals surface area contributed by atoms with E-state index in [0.717, 1.165) is 16.0 Å². The SMILES string of the molecule is OCCN(Cc1nc(Cl)c2ccsc2n1)C1CCC1. The van der Waals surface area contributed by atoms with Crippen LogP contribution in [-0.2, 0) is 6.54 Å². The van der Waals surface area contributed by atoms with E-state index in [9.17, 15) is 0 Å². The maximum Gasteiger partial charge on any atom is 0.145 e. The Bertz CT molecular complexity index is 570. The molecule has 1 N–H and O–H groups in total. The molecule has 0 unspecified atom stereocenters. The molecule has 1 aliphatic carbocycles. The molecule has 0 bridgehead atoms. The van der Waals surface area contributed by atoms with E-state index in [1.165, 1.54) is 19.3 Å². The molecular weight excluding hydrogens is 282 g/mol. The zero-order valence-electron chi connectivity index (χ0n) is 10.5. The van der Waals surface area contributed by atoms with Crippen LogP contribution in [0.15, 0.2) is 11.4 Å². The Morgan fingerprint density at radius 2 is 2.26 bits per heavy atom. The van der Waals surface area contributed by atoms with Crippen LogP contribution in [0.1, 0.15) is 25.1 Å². The lowest BCUT2D eigenvalue weighted by molar-refractivity contribution is 0.0921. The van der Waals surface area contributed by atoms with Gasteiger partial charge in [-0.25, -0.2) is 9.97 Å². The van der Waals surface area contributed by atoms with Gasteiger partial charge >= 0.3 is 0 Å². The van der Waals surface area contributed by atoms with Gasteiger partial charge in [0.15, 0.2) is 0 Å². The Kier molecular flexibility index (Phi) is 3.98. The quantitative estimate of drug-likeness (QED) is 0.862. The fourth-order valence-corrected chi connectivity index (χ4v) is 3.47. The first-order valence-electron chi connectivity index (χ1n) is 6.52. The number of hydrogen-bond donors (Lipinski definition) is 1. The lowest BCUT2D eigenvalue weighted by Crippen LogP contribution is -2.41. The highest BCUT2D eigenvalue weighted by Gasteiger charge is 2.25. The summed E-state index contributed by atoms with van der Waals surface area (Å²) in [5, 5.41) is 12.6. The lowest BCUT2D eigenvalue weighted by atomic mass is 9.91. The molecule has 2 aromatic heterocycles. The number of aromatic nitrogens is 2. The van der Waals surface area contributed by atoms with Crippen LogP contribution in [0.25, 0.3) is 10.2 Å². The van der Waals surface area contributed by atoms with E-state index >= 15 is 0 Å². The van der Waals surface area contributed by atoms with E-state index in [4.69, 9.17) is 16.7 Å². The fourth-order valence-electron chi connectivity index (χ4n) is 2.38. The highest BCUT2D eigenvalue weighted by Crippen LogP contribution is 2.28. The topological polar surface area (TPSA) is 49.2 Å². The molecule has 0 radical (unpaired) electrons. The normalized spacial score (nSPS) is 16.2. The summed E-state index contributed by atoms with van der Waals surface area (Å²) in [4.78, 5) is 12.1. The Labute approximate surface area is 121 Å². The van der Waals surface area contributed by atoms with Crippen LogP contribution in [0.5, 0.6) is 0 Å². The average Bonchev–Trinajstić information content (AvgIpc) is 2.75. The van der Waals surface area contributed by atoms with E-state index < -0.39 is 0 Å². The predicted molar refractivity (Wildman–Crippen MR) is 77.6 cm³/mol. The second-order valence-electron chi connectivity index (χ2n) is 4.85. The highest BCUT2D eigenvalue weighted by atomic mass is 35.5. The molecule has 3 rings (SSSR count). The molecule has 2 heterocycles. The summed E-state index contributed by atoms with van der Waals surface area (Å²) in [6, 6.07) is 2.51. The van der Waals surface area contributed by atoms with Gasteiger partial charge in [-0.15, -0.1) is 11.3 Å². The largest absolute Gasteiger partial charge is 0.395 e. The Balaban J connectivity index is 1.82. The van der Waals surface area contributed by atoms with Crippen LogP contribution in [0.2, 0.25) is 5.15 Å². The van der Waals surface area contributed by atoms with Gasteiger partial charge in [-0.05, 0) is 24.3 Å². The van der Waals surface area contributed by atoms with Crippen molar-refractivity contribution in [2.45, 2.75) is 31.8 Å². The van der Waals surface area contributed by atoms with Gasteiger partial charge < -0.3 is 5.11 Å². The van der Waals surface area contributed by atoms with Crippen molar-refractivity contribution >= 4 is 33.2 Å². The van der Waals surface area contributed by atoms with Gasteiger partial charge in [0.25, 0.3) is 0 Å². The second-order valence-corrected chi connectivity index (χ2v) is 6.10. The van der Waals surface area contributed by atoms with Gasteiger partial charge in [-0.3, -0.25) is 4.90 Å². The van der Waals surface area contributed by atoms with Crippen molar-refractivity contribution in [1.29, 1.82) is 0 Å². The fraction of sp³-hybridized carbons (Fsp3) is 0.538. The van der Waals surface area contributed by atoms with Crippen LogP contribution in [0.4, 0.5) is 0 Å². The van der Waals surface area contributed by atoms with E-state index in [1.807, 2.05) is 11.4 Å². The summed E-state index contributed by atoms with van der Waals surface area (Å²) in [5.41, 5.74) is 0. The third-order valence-electron chi connectivity index (χ3n) is 3.65. The monoisotopic (exact) mass is 297 g/mol. The predicted octanol–water partition coefficient (Wildman–Crippen LogP) is 2.69. The first kappa shape index (κ1) is 13.2. The van der Waals surface area contributed by atoms with Gasteiger partial charge in [0.1, 0.15) is 15.8 Å². The van der Waals surface area contributed by atoms with Crippen LogP contribution in [-0.4, -0.2) is 39.2 Å². The molecule has 0 aliphatic heterocycles. The number of nitrogens with zero attached hydrogens (tertiary/aromatic N) is 3. The molecular formula is C13H16ClN3OS. The Hall–Kier alpha value is -0.750. The summed E-state index contributed by atoms with van der Waals surface area (Å²) in [6.07, 6.45) is 3.68. The molecule has 2 aromatic rings. The number of aliphatic hydroxyl groups is 1. The van der Waals surface area contributed by atoms with Crippen molar-refractivity contribution in [3.8, 4) is 0 Å². The number of halogens is 1. The molecule has 102 valence electrons. The van der Waals surface area contributed by atoms with E-state index in [1.54, 1.807) is 11.3 Å². The molecule has 0 aromatic carbocycles. The first-order chi connectivity index (χ1) is 9.28. The molecule has 0 atom stereocenters. The smallest absolute Gasteiger partial charge is 0.145 e. The second kappa shape index (κ2) is 5.71. The molecule has 1 saturated carbocycles. The van der Waals surface area contributed by atoms with Crippen LogP contribution >= 0.6 is 22.9 Å². The van der Waals surface area contributed by atoms with Gasteiger partial charge in [-0.2, -0.15) is 0 Å². The minimum absolute atomic E-state index is 0.172. The van der Waals surface area contributed by atoms with Crippen molar-refractivity contribution in [3.05, 3.63) is 22.4 Å². The summed E-state index contributed by atoms with van der Waals surface area (Å²) < 4.78 is 0. The molecule has 1 fully saturated rings. The van der Waals surface area contributed by atoms with Crippen LogP contribution < -0.4 is 0 Å². The first-order valence-corrected chi connectivity index (χ1v) is 7.78. The Morgan fingerprint density at radius 1 is 1.42 bits per heavy atom. The zero-order valence-corrected chi connectivity index (χ0v) is 12.1. The van der Waals surface area contributed by atoms with Gasteiger partial charge in [0, 0.05) is 18.0 Å². The summed E-state index contributed by atoms with van der Waals surface area (Å²) >= 11 is 7.76. The van der Waals surface area contributed by atoms with Crippen molar-refractivity contribution in [2.24, 2.45) is 0 Å². The number of fused-ring (bicyclic) bond motifs is 1. The third kappa shape index (κ3) is 2.74. The molecule has 19 heavy (non-hydrogen) atoms. The average molecular weight is 298 g/mol. The number of hydrogen-bond acceptors (Lipinski definition) is 5. The summed E-state index contributed by atoms with van der Waals surface area (Å²) in [7, 11) is 0. The lowest BCUT2D eigenvalue weighted by Gasteiger charge is -2.36. The van der Waals surface area contributed by atoms with Crippen LogP contribution in [0, 0.1) is 0 Å². The van der Waals surface area contributed by atoms with Gasteiger partial charge in [0.05, 0.1) is 13.2 Å². The van der Waals surface area contributed by atoms with Crippen molar-refractivity contribution in [3.63, 3.8) is 0 Å². The summed E-state index contributed by atoms with van der Waals surface area (Å²) in [5.74, 6) is 0.750. The number of rotatable bonds is 5. The van der Waals surface area contributed by atoms with Crippen molar-refractivity contribution in [1.82, 2.24) is 14.9 Å². The van der Waals surface area contributed by atoms with E-state index in [2.05, 4.69) is 14.9 Å². The molecule has 0 amide bonds. The minimum atomic E-state index is 0.172. The number of aliphatic hydroxyl groups excluding tert-OH is 1. The van der Waals surface area contributed by atoms with Crippen molar-refractivity contribution < 1.29 is 5.11 Å². The molecule has 0 spiro atoms. The summed E-state index contributed by atoms with van der Waals surface area (Å²) in [6.45, 7) is 1.51. The minimum Gasteiger partial charge on any atom is -0.395 e. The van der Waals surface area contributed by atoms with Gasteiger partial charge in [0.2, 0.25) is 0 Å². The maximum absolute atomic E-state index is 9.17. The van der Waals surface area contributed by atoms with Crippen molar-refractivity contribution in [2.75, 3.05) is 13.2 Å². The third-order valence-corrected chi connectivity index (χ3v) is 4.74. The molecule has 1 aliphatic rings. The molecule has 6 heteroatoms. The molecule has 0 saturated heterocycles. The molecule has 4 nitrogen and oxygen atoms in total.